The van der Waals surface area contributed by atoms with Crippen LogP contribution in [0.25, 0.3) is 0 Å². The second kappa shape index (κ2) is 4.37. The maximum Gasteiger partial charge on any atom is 0.240 e. The number of amides is 2. The fraction of sp³-hybridized carbons (Fsp3) is 0.467. The highest BCUT2D eigenvalue weighted by Crippen LogP contribution is 2.46. The number of benzene rings is 1. The molecule has 0 unspecified atom stereocenters. The first-order valence-electron chi connectivity index (χ1n) is 6.48. The topological polar surface area (TPSA) is 72.2 Å². The highest BCUT2D eigenvalue weighted by atomic mass is 16.2. The first-order chi connectivity index (χ1) is 8.75. The highest BCUT2D eigenvalue weighted by Gasteiger charge is 2.55. The second-order valence-electron chi connectivity index (χ2n) is 6.23. The van der Waals surface area contributed by atoms with Crippen LogP contribution in [-0.4, -0.2) is 11.8 Å². The summed E-state index contributed by atoms with van der Waals surface area (Å²) in [5.74, 6) is -0.820. The van der Waals surface area contributed by atoms with Crippen LogP contribution < -0.4 is 11.1 Å². The SMILES string of the molecule is CC(C)(C)c1ccc(NC(=O)C2(C(N)=O)CC2)cc1. The van der Waals surface area contributed by atoms with Crippen molar-refractivity contribution in [2.45, 2.75) is 39.0 Å². The van der Waals surface area contributed by atoms with Crippen LogP contribution in [0.4, 0.5) is 5.69 Å². The lowest BCUT2D eigenvalue weighted by molar-refractivity contribution is -0.132. The zero-order valence-electron chi connectivity index (χ0n) is 11.6. The minimum absolute atomic E-state index is 0.0769. The Morgan fingerprint density at radius 2 is 1.68 bits per heavy atom. The average Bonchev–Trinajstić information content (AvgIpc) is 3.09. The molecule has 1 aliphatic carbocycles. The summed E-state index contributed by atoms with van der Waals surface area (Å²) in [6.45, 7) is 6.40. The van der Waals surface area contributed by atoms with Gasteiger partial charge in [-0.25, -0.2) is 0 Å². The normalized spacial score (nSPS) is 16.8. The Labute approximate surface area is 113 Å². The van der Waals surface area contributed by atoms with E-state index in [-0.39, 0.29) is 11.3 Å². The maximum atomic E-state index is 12.0. The van der Waals surface area contributed by atoms with Gasteiger partial charge in [-0.3, -0.25) is 9.59 Å². The number of nitrogens with two attached hydrogens (primary N) is 1. The van der Waals surface area contributed by atoms with Gasteiger partial charge in [0.1, 0.15) is 5.41 Å². The van der Waals surface area contributed by atoms with Crippen LogP contribution in [0, 0.1) is 5.41 Å². The molecule has 0 saturated heterocycles. The van der Waals surface area contributed by atoms with E-state index >= 15 is 0 Å². The first-order valence-corrected chi connectivity index (χ1v) is 6.48. The van der Waals surface area contributed by atoms with Gasteiger partial charge >= 0.3 is 0 Å². The molecule has 4 nitrogen and oxygen atoms in total. The van der Waals surface area contributed by atoms with Crippen LogP contribution in [0.15, 0.2) is 24.3 Å². The van der Waals surface area contributed by atoms with Crippen molar-refractivity contribution in [2.24, 2.45) is 11.1 Å². The summed E-state index contributed by atoms with van der Waals surface area (Å²) >= 11 is 0. The summed E-state index contributed by atoms with van der Waals surface area (Å²) in [4.78, 5) is 23.3. The zero-order chi connectivity index (χ0) is 14.3. The quantitative estimate of drug-likeness (QED) is 0.818. The van der Waals surface area contributed by atoms with Gasteiger partial charge in [0.05, 0.1) is 0 Å². The Hall–Kier alpha value is -1.84. The molecule has 1 aliphatic rings. The molecule has 1 saturated carbocycles. The van der Waals surface area contributed by atoms with Crippen molar-refractivity contribution in [1.29, 1.82) is 0 Å². The van der Waals surface area contributed by atoms with E-state index in [4.69, 9.17) is 5.73 Å². The molecule has 102 valence electrons. The average molecular weight is 260 g/mol. The van der Waals surface area contributed by atoms with Gasteiger partial charge in [0.2, 0.25) is 11.8 Å². The lowest BCUT2D eigenvalue weighted by Gasteiger charge is -2.19. The van der Waals surface area contributed by atoms with Crippen LogP contribution in [0.1, 0.15) is 39.2 Å². The smallest absolute Gasteiger partial charge is 0.240 e. The monoisotopic (exact) mass is 260 g/mol. The van der Waals surface area contributed by atoms with Gasteiger partial charge in [-0.15, -0.1) is 0 Å². The van der Waals surface area contributed by atoms with Gasteiger partial charge in [0.15, 0.2) is 0 Å². The predicted molar refractivity (Wildman–Crippen MR) is 74.6 cm³/mol. The van der Waals surface area contributed by atoms with E-state index < -0.39 is 11.3 Å². The standard InChI is InChI=1S/C15H20N2O2/c1-14(2,3)10-4-6-11(7-5-10)17-13(19)15(8-9-15)12(16)18/h4-7H,8-9H2,1-3H3,(H2,16,18)(H,17,19). The van der Waals surface area contributed by atoms with E-state index in [0.717, 1.165) is 0 Å². The molecule has 0 aliphatic heterocycles. The number of anilines is 1. The number of hydrogen-bond donors (Lipinski definition) is 2. The largest absolute Gasteiger partial charge is 0.369 e. The Bertz CT molecular complexity index is 508. The van der Waals surface area contributed by atoms with Crippen molar-refractivity contribution < 1.29 is 9.59 Å². The highest BCUT2D eigenvalue weighted by molar-refractivity contribution is 6.12. The van der Waals surface area contributed by atoms with Crippen molar-refractivity contribution in [3.05, 3.63) is 29.8 Å². The fourth-order valence-electron chi connectivity index (χ4n) is 2.01. The molecule has 2 amide bonds. The Morgan fingerprint density at radius 3 is 2.05 bits per heavy atom. The number of primary amides is 1. The van der Waals surface area contributed by atoms with E-state index in [2.05, 4.69) is 26.1 Å². The molecule has 3 N–H and O–H groups in total. The molecular weight excluding hydrogens is 240 g/mol. The molecule has 0 bridgehead atoms. The maximum absolute atomic E-state index is 12.0. The van der Waals surface area contributed by atoms with Gasteiger partial charge in [-0.1, -0.05) is 32.9 Å². The van der Waals surface area contributed by atoms with Crippen LogP contribution >= 0.6 is 0 Å². The van der Waals surface area contributed by atoms with Gasteiger partial charge in [0.25, 0.3) is 0 Å². The molecule has 2 rings (SSSR count). The number of nitrogens with one attached hydrogen (secondary N) is 1. The third kappa shape index (κ3) is 2.62. The van der Waals surface area contributed by atoms with Gasteiger partial charge in [-0.2, -0.15) is 0 Å². The minimum atomic E-state index is -0.970. The summed E-state index contributed by atoms with van der Waals surface area (Å²) in [5.41, 5.74) is 6.27. The summed E-state index contributed by atoms with van der Waals surface area (Å²) in [7, 11) is 0. The summed E-state index contributed by atoms with van der Waals surface area (Å²) in [6, 6.07) is 7.68. The Morgan fingerprint density at radius 1 is 1.16 bits per heavy atom. The molecule has 1 fully saturated rings. The summed E-state index contributed by atoms with van der Waals surface area (Å²) in [6.07, 6.45) is 1.10. The molecule has 0 aromatic heterocycles. The minimum Gasteiger partial charge on any atom is -0.369 e. The molecule has 1 aromatic carbocycles. The third-order valence-electron chi connectivity index (χ3n) is 3.67. The molecule has 0 heterocycles. The van der Waals surface area contributed by atoms with Crippen LogP contribution in [0.3, 0.4) is 0 Å². The lowest BCUT2D eigenvalue weighted by Crippen LogP contribution is -2.36. The second-order valence-corrected chi connectivity index (χ2v) is 6.23. The van der Waals surface area contributed by atoms with E-state index in [1.807, 2.05) is 24.3 Å². The van der Waals surface area contributed by atoms with Crippen molar-refractivity contribution >= 4 is 17.5 Å². The zero-order valence-corrected chi connectivity index (χ0v) is 11.6. The van der Waals surface area contributed by atoms with Gasteiger partial charge in [-0.05, 0) is 36.0 Å². The fourth-order valence-corrected chi connectivity index (χ4v) is 2.01. The third-order valence-corrected chi connectivity index (χ3v) is 3.67. The van der Waals surface area contributed by atoms with E-state index in [0.29, 0.717) is 18.5 Å². The number of rotatable bonds is 3. The molecule has 0 radical (unpaired) electrons. The van der Waals surface area contributed by atoms with Crippen LogP contribution in [0.2, 0.25) is 0 Å². The summed E-state index contributed by atoms with van der Waals surface area (Å²) < 4.78 is 0. The van der Waals surface area contributed by atoms with Crippen molar-refractivity contribution in [2.75, 3.05) is 5.32 Å². The van der Waals surface area contributed by atoms with Crippen molar-refractivity contribution in [3.8, 4) is 0 Å². The van der Waals surface area contributed by atoms with Crippen LogP contribution in [-0.2, 0) is 15.0 Å². The molecular formula is C15H20N2O2. The Balaban J connectivity index is 2.09. The molecule has 4 heteroatoms. The van der Waals surface area contributed by atoms with Crippen molar-refractivity contribution in [1.82, 2.24) is 0 Å². The van der Waals surface area contributed by atoms with Gasteiger partial charge < -0.3 is 11.1 Å². The number of hydrogen-bond acceptors (Lipinski definition) is 2. The van der Waals surface area contributed by atoms with E-state index in [1.54, 1.807) is 0 Å². The number of carbonyl (C=O) groups is 2. The van der Waals surface area contributed by atoms with Crippen LogP contribution in [0.5, 0.6) is 0 Å². The Kier molecular flexibility index (Phi) is 3.12. The predicted octanol–water partition coefficient (Wildman–Crippen LogP) is 2.19. The number of carbonyl (C=O) groups excluding carboxylic acids is 2. The molecule has 0 spiro atoms. The van der Waals surface area contributed by atoms with Crippen molar-refractivity contribution in [3.63, 3.8) is 0 Å². The first kappa shape index (κ1) is 13.6. The molecule has 0 atom stereocenters. The molecule has 1 aromatic rings. The van der Waals surface area contributed by atoms with E-state index in [1.165, 1.54) is 5.56 Å². The molecule has 19 heavy (non-hydrogen) atoms. The van der Waals surface area contributed by atoms with Gasteiger partial charge in [0, 0.05) is 5.69 Å². The van der Waals surface area contributed by atoms with E-state index in [9.17, 15) is 9.59 Å². The lowest BCUT2D eigenvalue weighted by atomic mass is 9.87. The summed E-state index contributed by atoms with van der Waals surface area (Å²) in [5, 5.41) is 2.76.